The van der Waals surface area contributed by atoms with Crippen LogP contribution in [-0.2, 0) is 10.0 Å². The van der Waals surface area contributed by atoms with Crippen LogP contribution in [0.25, 0.3) is 0 Å². The Hall–Kier alpha value is -2.84. The minimum Gasteiger partial charge on any atom is -0.493 e. The quantitative estimate of drug-likeness (QED) is 0.526. The third-order valence-corrected chi connectivity index (χ3v) is 6.88. The van der Waals surface area contributed by atoms with Gasteiger partial charge in [0.05, 0.1) is 24.2 Å². The number of methoxy groups -OCH3 is 1. The van der Waals surface area contributed by atoms with Crippen LogP contribution in [0.5, 0.6) is 11.5 Å². The molecule has 0 aliphatic heterocycles. The van der Waals surface area contributed by atoms with Gasteiger partial charge in [-0.1, -0.05) is 18.2 Å². The molecule has 1 aliphatic rings. The predicted molar refractivity (Wildman–Crippen MR) is 124 cm³/mol. The number of hydrogen-bond donors (Lipinski definition) is 2. The van der Waals surface area contributed by atoms with Crippen LogP contribution >= 0.6 is 0 Å². The van der Waals surface area contributed by atoms with Crippen molar-refractivity contribution in [3.8, 4) is 11.5 Å². The summed E-state index contributed by atoms with van der Waals surface area (Å²) in [6.45, 7) is 5.47. The molecule has 0 aromatic heterocycles. The molecule has 0 radical (unpaired) electrons. The molecule has 1 aliphatic carbocycles. The van der Waals surface area contributed by atoms with Gasteiger partial charge in [-0.05, 0) is 68.5 Å². The number of carbonyl (C=O) groups excluding carboxylic acids is 1. The number of ether oxygens (including phenoxy) is 2. The molecular formula is C24H30N2O5S. The first kappa shape index (κ1) is 23.8. The normalized spacial score (nSPS) is 15.2. The average Bonchev–Trinajstić information content (AvgIpc) is 3.31. The van der Waals surface area contributed by atoms with Gasteiger partial charge >= 0.3 is 0 Å². The minimum atomic E-state index is -3.71. The minimum absolute atomic E-state index is 0.0229. The monoisotopic (exact) mass is 458 g/mol. The summed E-state index contributed by atoms with van der Waals surface area (Å²) in [5.74, 6) is 0.951. The highest BCUT2D eigenvalue weighted by molar-refractivity contribution is 7.89. The van der Waals surface area contributed by atoms with Crippen LogP contribution in [0, 0.1) is 0 Å². The number of nitrogens with one attached hydrogen (secondary N) is 2. The second-order valence-corrected chi connectivity index (χ2v) is 9.57. The highest BCUT2D eigenvalue weighted by Gasteiger charge is 2.20. The van der Waals surface area contributed by atoms with Crippen molar-refractivity contribution in [3.63, 3.8) is 0 Å². The van der Waals surface area contributed by atoms with Gasteiger partial charge in [-0.25, -0.2) is 13.1 Å². The van der Waals surface area contributed by atoms with E-state index >= 15 is 0 Å². The maximum absolute atomic E-state index is 12.8. The molecule has 0 heterocycles. The Morgan fingerprint density at radius 3 is 2.62 bits per heavy atom. The molecule has 1 atom stereocenters. The summed E-state index contributed by atoms with van der Waals surface area (Å²) in [4.78, 5) is 12.8. The van der Waals surface area contributed by atoms with Gasteiger partial charge in [0.2, 0.25) is 10.0 Å². The van der Waals surface area contributed by atoms with Crippen molar-refractivity contribution in [3.05, 3.63) is 66.2 Å². The summed E-state index contributed by atoms with van der Waals surface area (Å²) >= 11 is 0. The maximum Gasteiger partial charge on any atom is 0.251 e. The number of sulfonamides is 1. The van der Waals surface area contributed by atoms with Crippen LogP contribution in [0.15, 0.2) is 60.0 Å². The summed E-state index contributed by atoms with van der Waals surface area (Å²) in [6.07, 6.45) is 6.14. The molecule has 2 aromatic rings. The Labute approximate surface area is 189 Å². The van der Waals surface area contributed by atoms with Crippen LogP contribution in [0.1, 0.15) is 54.6 Å². The summed E-state index contributed by atoms with van der Waals surface area (Å²) in [5, 5.41) is 2.91. The maximum atomic E-state index is 12.8. The lowest BCUT2D eigenvalue weighted by molar-refractivity contribution is 0.0939. The van der Waals surface area contributed by atoms with Crippen LogP contribution < -0.4 is 19.5 Å². The molecule has 1 amide bonds. The van der Waals surface area contributed by atoms with E-state index in [1.165, 1.54) is 31.1 Å². The van der Waals surface area contributed by atoms with Crippen molar-refractivity contribution in [2.24, 2.45) is 0 Å². The van der Waals surface area contributed by atoms with Crippen molar-refractivity contribution in [2.45, 2.75) is 49.6 Å². The van der Waals surface area contributed by atoms with E-state index in [0.717, 1.165) is 18.4 Å². The SMILES string of the molecule is C=CCNS(=O)(=O)c1cccc(C(=O)NC(C)c2ccc(OC3CCCC3)c(OC)c2)c1. The van der Waals surface area contributed by atoms with Gasteiger partial charge in [0.1, 0.15) is 0 Å². The molecule has 1 unspecified atom stereocenters. The number of hydrogen-bond acceptors (Lipinski definition) is 5. The zero-order valence-corrected chi connectivity index (χ0v) is 19.3. The van der Waals surface area contributed by atoms with Crippen molar-refractivity contribution >= 4 is 15.9 Å². The molecule has 7 nitrogen and oxygen atoms in total. The lowest BCUT2D eigenvalue weighted by Gasteiger charge is -2.19. The van der Waals surface area contributed by atoms with Gasteiger partial charge < -0.3 is 14.8 Å². The van der Waals surface area contributed by atoms with Gasteiger partial charge in [0.15, 0.2) is 11.5 Å². The first-order valence-corrected chi connectivity index (χ1v) is 12.2. The van der Waals surface area contributed by atoms with Crippen LogP contribution in [-0.4, -0.2) is 34.1 Å². The molecule has 2 aromatic carbocycles. The molecule has 2 N–H and O–H groups in total. The second kappa shape index (κ2) is 10.7. The van der Waals surface area contributed by atoms with Gasteiger partial charge in [0.25, 0.3) is 5.91 Å². The number of amides is 1. The number of carbonyl (C=O) groups is 1. The van der Waals surface area contributed by atoms with E-state index in [0.29, 0.717) is 11.5 Å². The largest absolute Gasteiger partial charge is 0.493 e. The highest BCUT2D eigenvalue weighted by atomic mass is 32.2. The van der Waals surface area contributed by atoms with E-state index in [2.05, 4.69) is 16.6 Å². The van der Waals surface area contributed by atoms with Crippen molar-refractivity contribution in [2.75, 3.05) is 13.7 Å². The summed E-state index contributed by atoms with van der Waals surface area (Å²) < 4.78 is 38.6. The molecule has 32 heavy (non-hydrogen) atoms. The Kier molecular flexibility index (Phi) is 7.93. The second-order valence-electron chi connectivity index (χ2n) is 7.80. The van der Waals surface area contributed by atoms with Crippen molar-refractivity contribution in [1.29, 1.82) is 0 Å². The van der Waals surface area contributed by atoms with Crippen LogP contribution in [0.4, 0.5) is 0 Å². The first-order chi connectivity index (χ1) is 15.3. The van der Waals surface area contributed by atoms with Crippen LogP contribution in [0.3, 0.4) is 0 Å². The van der Waals surface area contributed by atoms with Crippen LogP contribution in [0.2, 0.25) is 0 Å². The smallest absolute Gasteiger partial charge is 0.251 e. The fraction of sp³-hybridized carbons (Fsp3) is 0.375. The third kappa shape index (κ3) is 5.89. The number of benzene rings is 2. The predicted octanol–water partition coefficient (Wildman–Crippen LogP) is 3.97. The fourth-order valence-corrected chi connectivity index (χ4v) is 4.70. The average molecular weight is 459 g/mol. The molecule has 0 bridgehead atoms. The molecule has 0 spiro atoms. The van der Waals surface area contributed by atoms with Gasteiger partial charge in [-0.3, -0.25) is 4.79 Å². The molecular weight excluding hydrogens is 428 g/mol. The third-order valence-electron chi connectivity index (χ3n) is 5.46. The molecule has 172 valence electrons. The Morgan fingerprint density at radius 1 is 1.19 bits per heavy atom. The molecule has 3 rings (SSSR count). The van der Waals surface area contributed by atoms with E-state index in [4.69, 9.17) is 9.47 Å². The standard InChI is InChI=1S/C24H30N2O5S/c1-4-14-25-32(28,29)21-11-7-8-19(15-21)24(27)26-17(2)18-12-13-22(23(16-18)30-3)31-20-9-5-6-10-20/h4,7-8,11-13,15-17,20,25H,1,5-6,9-10,14H2,2-3H3,(H,26,27). The number of rotatable bonds is 10. The molecule has 0 saturated heterocycles. The topological polar surface area (TPSA) is 93.7 Å². The van der Waals surface area contributed by atoms with E-state index in [9.17, 15) is 13.2 Å². The molecule has 8 heteroatoms. The summed E-state index contributed by atoms with van der Waals surface area (Å²) in [7, 11) is -2.12. The van der Waals surface area contributed by atoms with E-state index < -0.39 is 10.0 Å². The van der Waals surface area contributed by atoms with Crippen molar-refractivity contribution < 1.29 is 22.7 Å². The van der Waals surface area contributed by atoms with E-state index in [-0.39, 0.29) is 35.1 Å². The zero-order valence-electron chi connectivity index (χ0n) is 18.5. The van der Waals surface area contributed by atoms with Gasteiger partial charge in [-0.15, -0.1) is 6.58 Å². The van der Waals surface area contributed by atoms with Gasteiger partial charge in [0, 0.05) is 12.1 Å². The lowest BCUT2D eigenvalue weighted by atomic mass is 10.1. The summed E-state index contributed by atoms with van der Waals surface area (Å²) in [6, 6.07) is 11.2. The van der Waals surface area contributed by atoms with E-state index in [1.54, 1.807) is 19.2 Å². The van der Waals surface area contributed by atoms with Gasteiger partial charge in [-0.2, -0.15) is 0 Å². The Balaban J connectivity index is 1.71. The first-order valence-electron chi connectivity index (χ1n) is 10.7. The Bertz CT molecular complexity index is 1060. The summed E-state index contributed by atoms with van der Waals surface area (Å²) in [5.41, 5.74) is 1.11. The Morgan fingerprint density at radius 2 is 1.94 bits per heavy atom. The molecule has 1 saturated carbocycles. The van der Waals surface area contributed by atoms with E-state index in [1.807, 2.05) is 25.1 Å². The zero-order chi connectivity index (χ0) is 23.1. The highest BCUT2D eigenvalue weighted by Crippen LogP contribution is 2.33. The van der Waals surface area contributed by atoms with Crippen molar-refractivity contribution in [1.82, 2.24) is 10.0 Å². The molecule has 1 fully saturated rings. The lowest BCUT2D eigenvalue weighted by Crippen LogP contribution is -2.27. The fourth-order valence-electron chi connectivity index (χ4n) is 3.66.